The van der Waals surface area contributed by atoms with Gasteiger partial charge < -0.3 is 9.67 Å². The Kier molecular flexibility index (Phi) is 7.88. The van der Waals surface area contributed by atoms with Crippen molar-refractivity contribution < 1.29 is 5.11 Å². The Hall–Kier alpha value is -1.61. The molecule has 0 fully saturated rings. The zero-order valence-corrected chi connectivity index (χ0v) is 15.9. The van der Waals surface area contributed by atoms with E-state index in [9.17, 15) is 5.11 Å². The van der Waals surface area contributed by atoms with Gasteiger partial charge in [-0.05, 0) is 23.8 Å². The predicted octanol–water partition coefficient (Wildman–Crippen LogP) is 5.79. The zero-order valence-electron chi connectivity index (χ0n) is 15.9. The highest BCUT2D eigenvalue weighted by Crippen LogP contribution is 2.46. The number of hydrogen-bond acceptors (Lipinski definition) is 2. The predicted molar refractivity (Wildman–Crippen MR) is 108 cm³/mol. The molecule has 25 heavy (non-hydrogen) atoms. The lowest BCUT2D eigenvalue weighted by molar-refractivity contribution is 0.0364. The summed E-state index contributed by atoms with van der Waals surface area (Å²) in [5, 5.41) is 10.9. The van der Waals surface area contributed by atoms with Crippen LogP contribution in [0, 0.1) is 17.8 Å². The molecule has 3 rings (SSSR count). The smallest absolute Gasteiger partial charge is 0.0956 e. The summed E-state index contributed by atoms with van der Waals surface area (Å²) in [5.41, 5.74) is 3.75. The average molecular weight is 345 g/mol. The maximum Gasteiger partial charge on any atom is 0.0956 e. The second-order valence-corrected chi connectivity index (χ2v) is 7.25. The second kappa shape index (κ2) is 9.19. The van der Waals surface area contributed by atoms with Crippen molar-refractivity contribution in [2.75, 3.05) is 0 Å². The van der Waals surface area contributed by atoms with E-state index in [0.717, 1.165) is 6.42 Å². The monoisotopic (exact) mass is 344 g/mol. The lowest BCUT2D eigenvalue weighted by atomic mass is 9.79. The van der Waals surface area contributed by atoms with E-state index in [0.29, 0.717) is 5.92 Å². The van der Waals surface area contributed by atoms with Gasteiger partial charge in [-0.2, -0.15) is 0 Å². The van der Waals surface area contributed by atoms with E-state index < -0.39 is 0 Å². The molecule has 3 unspecified atom stereocenters. The summed E-state index contributed by atoms with van der Waals surface area (Å²) in [7, 11) is 0. The maximum atomic E-state index is 10.9. The second-order valence-electron chi connectivity index (χ2n) is 7.25. The first kappa shape index (κ1) is 21.4. The SMILES string of the molecule is C.CC.CC(C)CC(C(O)C(C)C)C1c2ccccc2-c2cncn21. The summed E-state index contributed by atoms with van der Waals surface area (Å²) >= 11 is 0. The zero-order chi connectivity index (χ0) is 17.9. The van der Waals surface area contributed by atoms with E-state index in [1.54, 1.807) is 0 Å². The summed E-state index contributed by atoms with van der Waals surface area (Å²) in [5.74, 6) is 1.01. The molecule has 2 aromatic rings. The van der Waals surface area contributed by atoms with E-state index in [1.807, 2.05) is 26.4 Å². The third-order valence-corrected chi connectivity index (χ3v) is 4.79. The van der Waals surface area contributed by atoms with Gasteiger partial charge in [-0.15, -0.1) is 0 Å². The van der Waals surface area contributed by atoms with Gasteiger partial charge in [0.2, 0.25) is 0 Å². The van der Waals surface area contributed by atoms with Crippen LogP contribution >= 0.6 is 0 Å². The normalized spacial score (nSPS) is 17.2. The van der Waals surface area contributed by atoms with Crippen LogP contribution in [0.2, 0.25) is 0 Å². The minimum Gasteiger partial charge on any atom is -0.392 e. The fourth-order valence-electron chi connectivity index (χ4n) is 3.80. The van der Waals surface area contributed by atoms with Crippen LogP contribution in [0.15, 0.2) is 36.8 Å². The van der Waals surface area contributed by atoms with Crippen molar-refractivity contribution in [1.29, 1.82) is 0 Å². The Labute approximate surface area is 154 Å². The molecule has 1 aromatic heterocycles. The van der Waals surface area contributed by atoms with Crippen LogP contribution < -0.4 is 0 Å². The standard InChI is InChI=1S/C19H26N2O.C2H6.CH4/c1-12(2)9-16(19(22)13(3)4)18-15-8-6-5-7-14(15)17-10-20-11-21(17)18;1-2;/h5-8,10-13,16,18-19,22H,9H2,1-4H3;1-2H3;1H4. The van der Waals surface area contributed by atoms with Gasteiger partial charge in [0.05, 0.1) is 30.4 Å². The Balaban J connectivity index is 0.00000101. The van der Waals surface area contributed by atoms with Crippen LogP contribution in [-0.2, 0) is 0 Å². The van der Waals surface area contributed by atoms with Gasteiger partial charge in [0.25, 0.3) is 0 Å². The van der Waals surface area contributed by atoms with Crippen molar-refractivity contribution in [3.8, 4) is 11.3 Å². The molecule has 3 heteroatoms. The summed E-state index contributed by atoms with van der Waals surface area (Å²) in [6.07, 6.45) is 4.55. The van der Waals surface area contributed by atoms with E-state index in [1.165, 1.54) is 16.8 Å². The van der Waals surface area contributed by atoms with E-state index >= 15 is 0 Å². The molecule has 0 amide bonds. The topological polar surface area (TPSA) is 38.1 Å². The van der Waals surface area contributed by atoms with Gasteiger partial charge in [-0.1, -0.05) is 73.2 Å². The Bertz CT molecular complexity index is 645. The van der Waals surface area contributed by atoms with Crippen LogP contribution in [0.4, 0.5) is 0 Å². The Morgan fingerprint density at radius 2 is 1.76 bits per heavy atom. The van der Waals surface area contributed by atoms with Crippen LogP contribution in [0.25, 0.3) is 11.3 Å². The Morgan fingerprint density at radius 1 is 1.12 bits per heavy atom. The summed E-state index contributed by atoms with van der Waals surface area (Å²) in [6, 6.07) is 8.73. The number of aromatic nitrogens is 2. The van der Waals surface area contributed by atoms with Crippen molar-refractivity contribution >= 4 is 0 Å². The number of hydrogen-bond donors (Lipinski definition) is 1. The fourth-order valence-corrected chi connectivity index (χ4v) is 3.80. The summed E-state index contributed by atoms with van der Waals surface area (Å²) in [4.78, 5) is 4.34. The molecule has 3 nitrogen and oxygen atoms in total. The quantitative estimate of drug-likeness (QED) is 0.745. The lowest BCUT2D eigenvalue weighted by Gasteiger charge is -2.33. The number of aliphatic hydroxyl groups excluding tert-OH is 1. The van der Waals surface area contributed by atoms with Crippen LogP contribution in [0.3, 0.4) is 0 Å². The number of nitrogens with zero attached hydrogens (tertiary/aromatic N) is 2. The highest BCUT2D eigenvalue weighted by molar-refractivity contribution is 5.69. The summed E-state index contributed by atoms with van der Waals surface area (Å²) < 4.78 is 2.25. The number of aliphatic hydroxyl groups is 1. The first-order valence-electron chi connectivity index (χ1n) is 9.30. The maximum absolute atomic E-state index is 10.9. The van der Waals surface area contributed by atoms with Gasteiger partial charge in [0, 0.05) is 11.5 Å². The van der Waals surface area contributed by atoms with E-state index in [4.69, 9.17) is 0 Å². The largest absolute Gasteiger partial charge is 0.392 e. The number of benzene rings is 1. The Morgan fingerprint density at radius 3 is 2.36 bits per heavy atom. The lowest BCUT2D eigenvalue weighted by Crippen LogP contribution is -2.34. The van der Waals surface area contributed by atoms with E-state index in [2.05, 4.69) is 61.5 Å². The molecule has 1 aromatic carbocycles. The number of fused-ring (bicyclic) bond motifs is 3. The summed E-state index contributed by atoms with van der Waals surface area (Å²) in [6.45, 7) is 12.7. The van der Waals surface area contributed by atoms with Gasteiger partial charge in [-0.25, -0.2) is 4.98 Å². The third kappa shape index (κ3) is 4.14. The van der Waals surface area contributed by atoms with Gasteiger partial charge >= 0.3 is 0 Å². The van der Waals surface area contributed by atoms with Crippen LogP contribution in [0.1, 0.15) is 67.0 Å². The van der Waals surface area contributed by atoms with Crippen molar-refractivity contribution in [2.24, 2.45) is 17.8 Å². The molecule has 1 aliphatic heterocycles. The average Bonchev–Trinajstić information content (AvgIpc) is 3.14. The molecule has 0 spiro atoms. The highest BCUT2D eigenvalue weighted by atomic mass is 16.3. The van der Waals surface area contributed by atoms with Gasteiger partial charge in [-0.3, -0.25) is 0 Å². The van der Waals surface area contributed by atoms with E-state index in [-0.39, 0.29) is 31.4 Å². The molecule has 1 N–H and O–H groups in total. The molecule has 0 saturated heterocycles. The molecule has 1 aliphatic rings. The molecule has 2 heterocycles. The first-order chi connectivity index (χ1) is 11.5. The minimum absolute atomic E-state index is 0. The van der Waals surface area contributed by atoms with Crippen molar-refractivity contribution in [3.63, 3.8) is 0 Å². The number of imidazole rings is 1. The first-order valence-corrected chi connectivity index (χ1v) is 9.30. The molecule has 140 valence electrons. The molecule has 0 bridgehead atoms. The van der Waals surface area contributed by atoms with Crippen LogP contribution in [0.5, 0.6) is 0 Å². The van der Waals surface area contributed by atoms with Gasteiger partial charge in [0.15, 0.2) is 0 Å². The minimum atomic E-state index is -0.311. The van der Waals surface area contributed by atoms with Gasteiger partial charge in [0.1, 0.15) is 0 Å². The molecule has 0 aliphatic carbocycles. The van der Waals surface area contributed by atoms with Crippen molar-refractivity contribution in [1.82, 2.24) is 9.55 Å². The molecular formula is C22H36N2O. The van der Waals surface area contributed by atoms with Crippen molar-refractivity contribution in [3.05, 3.63) is 42.4 Å². The molecular weight excluding hydrogens is 308 g/mol. The third-order valence-electron chi connectivity index (χ3n) is 4.79. The van der Waals surface area contributed by atoms with Crippen LogP contribution in [-0.4, -0.2) is 20.8 Å². The fraction of sp³-hybridized carbons (Fsp3) is 0.591. The van der Waals surface area contributed by atoms with Crippen molar-refractivity contribution in [2.45, 2.75) is 67.5 Å². The molecule has 0 saturated carbocycles. The highest BCUT2D eigenvalue weighted by Gasteiger charge is 2.38. The molecule has 0 radical (unpaired) electrons. The molecule has 3 atom stereocenters. The number of rotatable bonds is 5.